The molecule has 0 radical (unpaired) electrons. The van der Waals surface area contributed by atoms with Gasteiger partial charge in [0, 0.05) is 4.90 Å². The van der Waals surface area contributed by atoms with Gasteiger partial charge in [0.25, 0.3) is 0 Å². The molecule has 0 fully saturated rings. The monoisotopic (exact) mass is 228 g/mol. The van der Waals surface area contributed by atoms with Crippen molar-refractivity contribution in [2.24, 2.45) is 0 Å². The summed E-state index contributed by atoms with van der Waals surface area (Å²) in [6.07, 6.45) is 0. The van der Waals surface area contributed by atoms with E-state index >= 15 is 0 Å². The first-order chi connectivity index (χ1) is 7.06. The van der Waals surface area contributed by atoms with Crippen molar-refractivity contribution in [1.82, 2.24) is 0 Å². The number of rotatable bonds is 4. The van der Waals surface area contributed by atoms with Gasteiger partial charge in [-0.05, 0) is 25.1 Å². The minimum atomic E-state index is -1.55. The van der Waals surface area contributed by atoms with E-state index < -0.39 is 22.0 Å². The normalized spacial score (nSPS) is 14.3. The summed E-state index contributed by atoms with van der Waals surface area (Å²) in [5.74, 6) is -0.505. The molecule has 2 atom stereocenters. The summed E-state index contributed by atoms with van der Waals surface area (Å²) in [6.45, 7) is 1.41. The van der Waals surface area contributed by atoms with E-state index in [4.69, 9.17) is 9.84 Å². The van der Waals surface area contributed by atoms with Crippen LogP contribution in [-0.4, -0.2) is 27.6 Å². The van der Waals surface area contributed by atoms with Crippen LogP contribution in [0, 0.1) is 0 Å². The Bertz CT molecular complexity index is 389. The molecular formula is C10H12O4S. The van der Waals surface area contributed by atoms with Crippen molar-refractivity contribution < 1.29 is 18.8 Å². The van der Waals surface area contributed by atoms with Crippen LogP contribution in [0.4, 0.5) is 0 Å². The molecule has 0 aliphatic carbocycles. The summed E-state index contributed by atoms with van der Waals surface area (Å²) < 4.78 is 16.7. The zero-order valence-corrected chi connectivity index (χ0v) is 9.28. The Labute approximate surface area is 90.3 Å². The fraction of sp³-hybridized carbons (Fsp3) is 0.300. The Morgan fingerprint density at radius 3 is 2.73 bits per heavy atom. The number of hydrogen-bond donors (Lipinski definition) is 1. The van der Waals surface area contributed by atoms with Gasteiger partial charge in [-0.25, -0.2) is 0 Å². The van der Waals surface area contributed by atoms with Crippen molar-refractivity contribution in [2.75, 3.05) is 7.11 Å². The van der Waals surface area contributed by atoms with Gasteiger partial charge in [0.05, 0.1) is 17.9 Å². The fourth-order valence-corrected chi connectivity index (χ4v) is 2.06. The molecule has 82 valence electrons. The quantitative estimate of drug-likeness (QED) is 0.843. The van der Waals surface area contributed by atoms with Gasteiger partial charge in [0.2, 0.25) is 0 Å². The molecule has 0 spiro atoms. The number of benzene rings is 1. The molecule has 1 aromatic carbocycles. The Balaban J connectivity index is 2.96. The van der Waals surface area contributed by atoms with Crippen LogP contribution in [-0.2, 0) is 15.6 Å². The molecular weight excluding hydrogens is 216 g/mol. The van der Waals surface area contributed by atoms with Crippen molar-refractivity contribution in [2.45, 2.75) is 17.1 Å². The first-order valence-corrected chi connectivity index (χ1v) is 5.55. The van der Waals surface area contributed by atoms with E-state index in [0.29, 0.717) is 10.6 Å². The molecule has 0 bridgehead atoms. The number of carboxylic acids is 1. The number of hydrogen-bond acceptors (Lipinski definition) is 3. The topological polar surface area (TPSA) is 63.6 Å². The SMILES string of the molecule is COc1cccc(S(=O)C(C)C(=O)O)c1. The van der Waals surface area contributed by atoms with E-state index in [1.165, 1.54) is 14.0 Å². The second-order valence-electron chi connectivity index (χ2n) is 2.96. The molecule has 1 N–H and O–H groups in total. The lowest BCUT2D eigenvalue weighted by Crippen LogP contribution is -2.21. The molecule has 0 saturated carbocycles. The maximum atomic E-state index is 11.7. The van der Waals surface area contributed by atoms with E-state index in [9.17, 15) is 9.00 Å². The number of carbonyl (C=O) groups is 1. The van der Waals surface area contributed by atoms with Crippen molar-refractivity contribution in [3.8, 4) is 5.75 Å². The van der Waals surface area contributed by atoms with Crippen LogP contribution < -0.4 is 4.74 Å². The highest BCUT2D eigenvalue weighted by molar-refractivity contribution is 7.86. The standard InChI is InChI=1S/C10H12O4S/c1-7(10(11)12)15(13)9-5-3-4-8(6-9)14-2/h3-7H,1-2H3,(H,11,12). The molecule has 0 amide bonds. The number of aliphatic carboxylic acids is 1. The average molecular weight is 228 g/mol. The zero-order valence-electron chi connectivity index (χ0n) is 8.47. The molecule has 4 nitrogen and oxygen atoms in total. The van der Waals surface area contributed by atoms with Crippen LogP contribution in [0.1, 0.15) is 6.92 Å². The summed E-state index contributed by atoms with van der Waals surface area (Å²) >= 11 is 0. The lowest BCUT2D eigenvalue weighted by Gasteiger charge is -2.07. The third-order valence-electron chi connectivity index (χ3n) is 1.94. The molecule has 1 rings (SSSR count). The molecule has 0 aliphatic heterocycles. The van der Waals surface area contributed by atoms with Gasteiger partial charge in [0.1, 0.15) is 11.0 Å². The van der Waals surface area contributed by atoms with Gasteiger partial charge in [0.15, 0.2) is 0 Å². The van der Waals surface area contributed by atoms with Crippen LogP contribution in [0.3, 0.4) is 0 Å². The van der Waals surface area contributed by atoms with Gasteiger partial charge in [-0.3, -0.25) is 9.00 Å². The van der Waals surface area contributed by atoms with Gasteiger partial charge in [-0.15, -0.1) is 0 Å². The number of ether oxygens (including phenoxy) is 1. The largest absolute Gasteiger partial charge is 0.497 e. The Morgan fingerprint density at radius 2 is 2.20 bits per heavy atom. The number of methoxy groups -OCH3 is 1. The van der Waals surface area contributed by atoms with Crippen molar-refractivity contribution in [3.63, 3.8) is 0 Å². The minimum absolute atomic E-state index is 0.462. The van der Waals surface area contributed by atoms with E-state index in [0.717, 1.165) is 0 Å². The second-order valence-corrected chi connectivity index (χ2v) is 4.73. The van der Waals surface area contributed by atoms with Gasteiger partial charge in [-0.2, -0.15) is 0 Å². The number of carboxylic acid groups (broad SMARTS) is 1. The van der Waals surface area contributed by atoms with Gasteiger partial charge in [-0.1, -0.05) is 6.07 Å². The summed E-state index contributed by atoms with van der Waals surface area (Å²) in [4.78, 5) is 11.1. The Kier molecular flexibility index (Phi) is 3.85. The Hall–Kier alpha value is -1.36. The van der Waals surface area contributed by atoms with Crippen LogP contribution in [0.15, 0.2) is 29.2 Å². The lowest BCUT2D eigenvalue weighted by atomic mass is 10.3. The smallest absolute Gasteiger partial charge is 0.319 e. The summed E-state index contributed by atoms with van der Waals surface area (Å²) in [5, 5.41) is 7.80. The molecule has 15 heavy (non-hydrogen) atoms. The Morgan fingerprint density at radius 1 is 1.53 bits per heavy atom. The first kappa shape index (κ1) is 11.7. The molecule has 2 unspecified atom stereocenters. The third kappa shape index (κ3) is 2.79. The predicted octanol–water partition coefficient (Wildman–Crippen LogP) is 1.28. The fourth-order valence-electron chi connectivity index (χ4n) is 1.02. The van der Waals surface area contributed by atoms with Gasteiger partial charge < -0.3 is 9.84 Å². The van der Waals surface area contributed by atoms with E-state index in [2.05, 4.69) is 0 Å². The van der Waals surface area contributed by atoms with E-state index in [-0.39, 0.29) is 0 Å². The molecule has 0 saturated heterocycles. The minimum Gasteiger partial charge on any atom is -0.497 e. The maximum Gasteiger partial charge on any atom is 0.319 e. The molecule has 0 aromatic heterocycles. The zero-order chi connectivity index (χ0) is 11.4. The van der Waals surface area contributed by atoms with E-state index in [1.807, 2.05) is 0 Å². The van der Waals surface area contributed by atoms with E-state index in [1.54, 1.807) is 24.3 Å². The molecule has 0 aliphatic rings. The van der Waals surface area contributed by atoms with Gasteiger partial charge >= 0.3 is 5.97 Å². The highest BCUT2D eigenvalue weighted by Gasteiger charge is 2.20. The van der Waals surface area contributed by atoms with Crippen LogP contribution in [0.25, 0.3) is 0 Å². The summed E-state index contributed by atoms with van der Waals surface area (Å²) in [5.41, 5.74) is 0. The highest BCUT2D eigenvalue weighted by atomic mass is 32.2. The van der Waals surface area contributed by atoms with Crippen LogP contribution in [0.2, 0.25) is 0 Å². The first-order valence-electron chi connectivity index (χ1n) is 4.33. The summed E-state index contributed by atoms with van der Waals surface area (Å²) in [6, 6.07) is 6.60. The predicted molar refractivity (Wildman–Crippen MR) is 56.5 cm³/mol. The second kappa shape index (κ2) is 4.93. The van der Waals surface area contributed by atoms with Crippen molar-refractivity contribution in [3.05, 3.63) is 24.3 Å². The molecule has 1 aromatic rings. The molecule has 5 heteroatoms. The lowest BCUT2D eigenvalue weighted by molar-refractivity contribution is -0.136. The highest BCUT2D eigenvalue weighted by Crippen LogP contribution is 2.18. The van der Waals surface area contributed by atoms with Crippen LogP contribution in [0.5, 0.6) is 5.75 Å². The van der Waals surface area contributed by atoms with Crippen molar-refractivity contribution in [1.29, 1.82) is 0 Å². The molecule has 0 heterocycles. The maximum absolute atomic E-state index is 11.7. The third-order valence-corrected chi connectivity index (χ3v) is 3.50. The van der Waals surface area contributed by atoms with Crippen molar-refractivity contribution >= 4 is 16.8 Å². The summed E-state index contributed by atoms with van der Waals surface area (Å²) in [7, 11) is -0.0471. The van der Waals surface area contributed by atoms with Crippen LogP contribution >= 0.6 is 0 Å². The average Bonchev–Trinajstić information content (AvgIpc) is 2.27.